The van der Waals surface area contributed by atoms with E-state index in [1.54, 1.807) is 11.1 Å². The summed E-state index contributed by atoms with van der Waals surface area (Å²) in [6, 6.07) is 19.5. The maximum Gasteiger partial charge on any atom is 0.336 e. The van der Waals surface area contributed by atoms with Crippen LogP contribution in [-0.4, -0.2) is 39.4 Å². The summed E-state index contributed by atoms with van der Waals surface area (Å²) in [6.07, 6.45) is 1.67. The molecule has 2 aliphatic rings. The Balaban J connectivity index is 1.73. The van der Waals surface area contributed by atoms with Crippen molar-refractivity contribution in [3.63, 3.8) is 0 Å². The number of carbonyl (C=O) groups excluding carboxylic acids is 1. The fourth-order valence-electron chi connectivity index (χ4n) is 3.98. The number of hydrogen-bond acceptors (Lipinski definition) is 7. The smallest absolute Gasteiger partial charge is 0.336 e. The Morgan fingerprint density at radius 3 is 2.35 bits per heavy atom. The Bertz CT molecular complexity index is 1050. The molecule has 0 aromatic heterocycles. The second kappa shape index (κ2) is 8.94. The highest BCUT2D eigenvalue weighted by Crippen LogP contribution is 2.39. The first-order valence-corrected chi connectivity index (χ1v) is 10.1. The first kappa shape index (κ1) is 20.5. The Kier molecular flexibility index (Phi) is 5.92. The van der Waals surface area contributed by atoms with E-state index >= 15 is 0 Å². The van der Waals surface area contributed by atoms with Crippen molar-refractivity contribution in [2.75, 3.05) is 43.2 Å². The van der Waals surface area contributed by atoms with Crippen molar-refractivity contribution in [2.45, 2.75) is 5.92 Å². The van der Waals surface area contributed by atoms with Gasteiger partial charge in [0, 0.05) is 30.7 Å². The van der Waals surface area contributed by atoms with Gasteiger partial charge in [-0.05, 0) is 29.8 Å². The monoisotopic (exact) mass is 416 g/mol. The van der Waals surface area contributed by atoms with Gasteiger partial charge in [0.15, 0.2) is 0 Å². The molecule has 0 radical (unpaired) electrons. The number of nitrogens with two attached hydrogens (primary N) is 1. The molecule has 2 heterocycles. The summed E-state index contributed by atoms with van der Waals surface area (Å²) in [4.78, 5) is 16.6. The van der Waals surface area contributed by atoms with Gasteiger partial charge in [-0.1, -0.05) is 30.3 Å². The zero-order valence-corrected chi connectivity index (χ0v) is 17.3. The minimum Gasteiger partial charge on any atom is -0.466 e. The van der Waals surface area contributed by atoms with E-state index in [2.05, 4.69) is 11.0 Å². The van der Waals surface area contributed by atoms with E-state index in [-0.39, 0.29) is 0 Å². The Labute approximate surface area is 181 Å². The summed E-state index contributed by atoms with van der Waals surface area (Å²) in [6.45, 7) is 3.10. The van der Waals surface area contributed by atoms with E-state index in [0.717, 1.165) is 30.0 Å². The molecule has 4 rings (SSSR count). The minimum atomic E-state index is -0.581. The SMILES string of the molecule is COC(=O)C1=CN(c2ccc(N3CCOCC3)cc2)C(N)=C(C#N)C1c1ccccc1. The van der Waals surface area contributed by atoms with Crippen molar-refractivity contribution in [3.05, 3.63) is 83.3 Å². The molecule has 2 aliphatic heterocycles. The van der Waals surface area contributed by atoms with Crippen molar-refractivity contribution < 1.29 is 14.3 Å². The molecule has 0 saturated carbocycles. The Morgan fingerprint density at radius 1 is 1.10 bits per heavy atom. The molecule has 1 unspecified atom stereocenters. The molecular weight excluding hydrogens is 392 g/mol. The van der Waals surface area contributed by atoms with Crippen LogP contribution in [0.3, 0.4) is 0 Å². The van der Waals surface area contributed by atoms with Crippen molar-refractivity contribution in [2.24, 2.45) is 5.73 Å². The number of nitrogens with zero attached hydrogens (tertiary/aromatic N) is 3. The lowest BCUT2D eigenvalue weighted by molar-refractivity contribution is -0.136. The molecule has 0 bridgehead atoms. The average molecular weight is 416 g/mol. The van der Waals surface area contributed by atoms with Gasteiger partial charge in [-0.3, -0.25) is 0 Å². The van der Waals surface area contributed by atoms with Gasteiger partial charge in [-0.15, -0.1) is 0 Å². The molecule has 31 heavy (non-hydrogen) atoms. The van der Waals surface area contributed by atoms with E-state index in [1.165, 1.54) is 7.11 Å². The maximum absolute atomic E-state index is 12.6. The van der Waals surface area contributed by atoms with E-state index in [0.29, 0.717) is 30.2 Å². The van der Waals surface area contributed by atoms with Crippen LogP contribution in [-0.2, 0) is 14.3 Å². The summed E-state index contributed by atoms with van der Waals surface area (Å²) >= 11 is 0. The van der Waals surface area contributed by atoms with Crippen molar-refractivity contribution in [1.82, 2.24) is 0 Å². The fraction of sp³-hybridized carbons (Fsp3) is 0.250. The number of allylic oxidation sites excluding steroid dienone is 1. The predicted molar refractivity (Wildman–Crippen MR) is 118 cm³/mol. The first-order chi connectivity index (χ1) is 15.1. The molecule has 2 aromatic rings. The molecule has 2 aromatic carbocycles. The van der Waals surface area contributed by atoms with Gasteiger partial charge in [-0.2, -0.15) is 5.26 Å². The lowest BCUT2D eigenvalue weighted by Crippen LogP contribution is -2.36. The number of nitriles is 1. The number of carbonyl (C=O) groups is 1. The largest absolute Gasteiger partial charge is 0.466 e. The van der Waals surface area contributed by atoms with Crippen LogP contribution < -0.4 is 15.5 Å². The topological polar surface area (TPSA) is 91.8 Å². The van der Waals surface area contributed by atoms with E-state index in [9.17, 15) is 10.1 Å². The third-order valence-electron chi connectivity index (χ3n) is 5.58. The molecule has 0 aliphatic carbocycles. The Morgan fingerprint density at radius 2 is 1.74 bits per heavy atom. The highest BCUT2D eigenvalue weighted by Gasteiger charge is 2.35. The molecule has 1 saturated heterocycles. The summed E-state index contributed by atoms with van der Waals surface area (Å²) in [5, 5.41) is 9.93. The third-order valence-corrected chi connectivity index (χ3v) is 5.58. The number of anilines is 2. The summed E-state index contributed by atoms with van der Waals surface area (Å²) in [5.74, 6) is -0.783. The van der Waals surface area contributed by atoms with Crippen LogP contribution in [0.5, 0.6) is 0 Å². The second-order valence-corrected chi connectivity index (χ2v) is 7.32. The lowest BCUT2D eigenvalue weighted by Gasteiger charge is -2.33. The predicted octanol–water partition coefficient (Wildman–Crippen LogP) is 2.88. The summed E-state index contributed by atoms with van der Waals surface area (Å²) in [5.41, 5.74) is 9.76. The number of methoxy groups -OCH3 is 1. The van der Waals surface area contributed by atoms with Gasteiger partial charge in [0.05, 0.1) is 43.5 Å². The zero-order chi connectivity index (χ0) is 21.8. The highest BCUT2D eigenvalue weighted by atomic mass is 16.5. The summed E-state index contributed by atoms with van der Waals surface area (Å²) < 4.78 is 10.4. The van der Waals surface area contributed by atoms with Crippen LogP contribution >= 0.6 is 0 Å². The van der Waals surface area contributed by atoms with Crippen LogP contribution in [0.25, 0.3) is 0 Å². The van der Waals surface area contributed by atoms with E-state index < -0.39 is 11.9 Å². The minimum absolute atomic E-state index is 0.295. The zero-order valence-electron chi connectivity index (χ0n) is 17.3. The number of hydrogen-bond donors (Lipinski definition) is 1. The number of benzene rings is 2. The van der Waals surface area contributed by atoms with Gasteiger partial charge in [0.2, 0.25) is 0 Å². The molecule has 2 N–H and O–H groups in total. The van der Waals surface area contributed by atoms with Gasteiger partial charge in [0.25, 0.3) is 0 Å². The van der Waals surface area contributed by atoms with Crippen LogP contribution in [0.1, 0.15) is 11.5 Å². The highest BCUT2D eigenvalue weighted by molar-refractivity contribution is 5.93. The molecule has 7 nitrogen and oxygen atoms in total. The number of ether oxygens (including phenoxy) is 2. The van der Waals surface area contributed by atoms with E-state index in [1.807, 2.05) is 54.6 Å². The van der Waals surface area contributed by atoms with Crippen LogP contribution in [0.4, 0.5) is 11.4 Å². The standard InChI is InChI=1S/C24H24N4O3/c1-30-24(29)21-16-28(19-9-7-18(8-10-19)27-11-13-31-14-12-27)23(26)20(15-25)22(21)17-5-3-2-4-6-17/h2-10,16,22H,11-14,26H2,1H3. The molecule has 158 valence electrons. The van der Waals surface area contributed by atoms with Crippen LogP contribution in [0, 0.1) is 11.3 Å². The lowest BCUT2D eigenvalue weighted by atomic mass is 9.83. The first-order valence-electron chi connectivity index (χ1n) is 10.1. The molecule has 0 spiro atoms. The average Bonchev–Trinajstić information content (AvgIpc) is 2.84. The molecule has 1 fully saturated rings. The Hall–Kier alpha value is -3.76. The second-order valence-electron chi connectivity index (χ2n) is 7.32. The van der Waals surface area contributed by atoms with Crippen molar-refractivity contribution in [3.8, 4) is 6.07 Å². The van der Waals surface area contributed by atoms with Crippen LogP contribution in [0.2, 0.25) is 0 Å². The van der Waals surface area contributed by atoms with Gasteiger partial charge >= 0.3 is 5.97 Å². The number of rotatable bonds is 4. The maximum atomic E-state index is 12.6. The van der Waals surface area contributed by atoms with Crippen molar-refractivity contribution >= 4 is 17.3 Å². The normalized spacial score (nSPS) is 19.0. The van der Waals surface area contributed by atoms with E-state index in [4.69, 9.17) is 15.2 Å². The van der Waals surface area contributed by atoms with Crippen LogP contribution in [0.15, 0.2) is 77.8 Å². The van der Waals surface area contributed by atoms with Gasteiger partial charge < -0.3 is 25.0 Å². The number of morpholine rings is 1. The van der Waals surface area contributed by atoms with Gasteiger partial charge in [-0.25, -0.2) is 4.79 Å². The molecule has 7 heteroatoms. The number of esters is 1. The third kappa shape index (κ3) is 3.98. The molecular formula is C24H24N4O3. The quantitative estimate of drug-likeness (QED) is 0.766. The summed E-state index contributed by atoms with van der Waals surface area (Å²) in [7, 11) is 1.33. The fourth-order valence-corrected chi connectivity index (χ4v) is 3.98. The van der Waals surface area contributed by atoms with Gasteiger partial charge in [0.1, 0.15) is 5.82 Å². The van der Waals surface area contributed by atoms with Crippen molar-refractivity contribution in [1.29, 1.82) is 5.26 Å². The molecule has 0 amide bonds. The molecule has 1 atom stereocenters.